The van der Waals surface area contributed by atoms with Crippen LogP contribution in [0.5, 0.6) is 5.75 Å². The van der Waals surface area contributed by atoms with E-state index in [4.69, 9.17) is 4.74 Å². The molecule has 0 spiro atoms. The molecule has 0 aliphatic rings. The van der Waals surface area contributed by atoms with Crippen LogP contribution in [0.4, 0.5) is 5.69 Å². The van der Waals surface area contributed by atoms with Gasteiger partial charge in [0.15, 0.2) is 6.73 Å². The van der Waals surface area contributed by atoms with Crippen LogP contribution >= 0.6 is 15.9 Å². The fourth-order valence-electron chi connectivity index (χ4n) is 2.27. The summed E-state index contributed by atoms with van der Waals surface area (Å²) in [4.78, 5) is 12.3. The van der Waals surface area contributed by atoms with E-state index in [1.54, 1.807) is 17.1 Å². The molecule has 2 aromatic carbocycles. The molecule has 1 heterocycles. The highest BCUT2D eigenvalue weighted by atomic mass is 79.9. The number of rotatable bonds is 6. The van der Waals surface area contributed by atoms with Gasteiger partial charge < -0.3 is 10.1 Å². The van der Waals surface area contributed by atoms with E-state index in [-0.39, 0.29) is 12.6 Å². The number of ether oxygens (including phenoxy) is 1. The van der Waals surface area contributed by atoms with Crippen LogP contribution in [-0.4, -0.2) is 15.7 Å². The van der Waals surface area contributed by atoms with Crippen LogP contribution in [0.25, 0.3) is 0 Å². The Morgan fingerprint density at radius 3 is 2.56 bits per heavy atom. The van der Waals surface area contributed by atoms with Crippen molar-refractivity contribution in [3.63, 3.8) is 0 Å². The van der Waals surface area contributed by atoms with Crippen LogP contribution in [0, 0.1) is 0 Å². The number of anilines is 1. The van der Waals surface area contributed by atoms with Gasteiger partial charge in [0, 0.05) is 10.0 Å². The summed E-state index contributed by atoms with van der Waals surface area (Å²) in [6.07, 6.45) is 4.29. The molecule has 0 bridgehead atoms. The van der Waals surface area contributed by atoms with Gasteiger partial charge in [0.25, 0.3) is 5.91 Å². The Hall–Kier alpha value is -2.60. The SMILES string of the molecule is CCc1ccc(C(=O)Nc2cnn(COc3ccc(Br)cc3)c2)cc1. The second-order valence-corrected chi connectivity index (χ2v) is 6.42. The van der Waals surface area contributed by atoms with Gasteiger partial charge in [0.05, 0.1) is 18.1 Å². The van der Waals surface area contributed by atoms with Crippen LogP contribution < -0.4 is 10.1 Å². The number of benzene rings is 2. The third-order valence-electron chi connectivity index (χ3n) is 3.69. The molecule has 1 amide bonds. The van der Waals surface area contributed by atoms with Crippen LogP contribution in [0.2, 0.25) is 0 Å². The lowest BCUT2D eigenvalue weighted by molar-refractivity contribution is 0.102. The summed E-state index contributed by atoms with van der Waals surface area (Å²) in [6.45, 7) is 2.35. The van der Waals surface area contributed by atoms with Crippen molar-refractivity contribution < 1.29 is 9.53 Å². The normalized spacial score (nSPS) is 10.5. The molecule has 6 heteroatoms. The number of hydrogen-bond donors (Lipinski definition) is 1. The third kappa shape index (κ3) is 4.70. The molecule has 0 fully saturated rings. The number of carbonyl (C=O) groups is 1. The molecule has 0 saturated heterocycles. The molecule has 3 rings (SSSR count). The zero-order valence-corrected chi connectivity index (χ0v) is 15.4. The topological polar surface area (TPSA) is 56.2 Å². The summed E-state index contributed by atoms with van der Waals surface area (Å²) in [5.41, 5.74) is 2.45. The third-order valence-corrected chi connectivity index (χ3v) is 4.22. The number of nitrogens with zero attached hydrogens (tertiary/aromatic N) is 2. The van der Waals surface area contributed by atoms with Gasteiger partial charge in [0.1, 0.15) is 5.75 Å². The summed E-state index contributed by atoms with van der Waals surface area (Å²) in [6, 6.07) is 15.1. The zero-order valence-electron chi connectivity index (χ0n) is 13.8. The molecule has 1 N–H and O–H groups in total. The number of halogens is 1. The van der Waals surface area contributed by atoms with Crippen molar-refractivity contribution in [3.05, 3.63) is 76.5 Å². The zero-order chi connectivity index (χ0) is 17.6. The molecule has 0 aliphatic heterocycles. The molecule has 0 radical (unpaired) electrons. The molecule has 0 saturated carbocycles. The predicted octanol–water partition coefficient (Wildman–Crippen LogP) is 4.50. The first-order valence-electron chi connectivity index (χ1n) is 7.95. The molecule has 128 valence electrons. The minimum atomic E-state index is -0.156. The predicted molar refractivity (Wildman–Crippen MR) is 101 cm³/mol. The molecule has 3 aromatic rings. The van der Waals surface area contributed by atoms with E-state index < -0.39 is 0 Å². The largest absolute Gasteiger partial charge is 0.471 e. The number of nitrogens with one attached hydrogen (secondary N) is 1. The number of aryl methyl sites for hydroxylation is 1. The molecule has 0 unspecified atom stereocenters. The fraction of sp³-hybridized carbons (Fsp3) is 0.158. The summed E-state index contributed by atoms with van der Waals surface area (Å²) in [5, 5.41) is 7.03. The Morgan fingerprint density at radius 2 is 1.88 bits per heavy atom. The Labute approximate surface area is 154 Å². The maximum absolute atomic E-state index is 12.3. The van der Waals surface area contributed by atoms with E-state index in [9.17, 15) is 4.79 Å². The quantitative estimate of drug-likeness (QED) is 0.663. The van der Waals surface area contributed by atoms with E-state index >= 15 is 0 Å². The lowest BCUT2D eigenvalue weighted by atomic mass is 10.1. The Morgan fingerprint density at radius 1 is 1.16 bits per heavy atom. The molecule has 5 nitrogen and oxygen atoms in total. The first-order valence-corrected chi connectivity index (χ1v) is 8.74. The maximum Gasteiger partial charge on any atom is 0.255 e. The smallest absolute Gasteiger partial charge is 0.255 e. The number of carbonyl (C=O) groups excluding carboxylic acids is 1. The van der Waals surface area contributed by atoms with E-state index in [1.807, 2.05) is 48.5 Å². The number of aromatic nitrogens is 2. The first kappa shape index (κ1) is 17.2. The van der Waals surface area contributed by atoms with Gasteiger partial charge in [-0.1, -0.05) is 35.0 Å². The summed E-state index contributed by atoms with van der Waals surface area (Å²) >= 11 is 3.38. The highest BCUT2D eigenvalue weighted by Crippen LogP contribution is 2.17. The second-order valence-electron chi connectivity index (χ2n) is 5.50. The first-order chi connectivity index (χ1) is 12.1. The van der Waals surface area contributed by atoms with Gasteiger partial charge in [0.2, 0.25) is 0 Å². The van der Waals surface area contributed by atoms with Crippen molar-refractivity contribution in [2.75, 3.05) is 5.32 Å². The second kappa shape index (κ2) is 7.98. The van der Waals surface area contributed by atoms with Crippen LogP contribution in [0.15, 0.2) is 65.4 Å². The van der Waals surface area contributed by atoms with Crippen molar-refractivity contribution in [2.24, 2.45) is 0 Å². The fourth-order valence-corrected chi connectivity index (χ4v) is 2.53. The van der Waals surface area contributed by atoms with Crippen LogP contribution in [0.1, 0.15) is 22.8 Å². The average molecular weight is 400 g/mol. The lowest BCUT2D eigenvalue weighted by Gasteiger charge is -2.06. The van der Waals surface area contributed by atoms with Gasteiger partial charge in [-0.3, -0.25) is 4.79 Å². The Kier molecular flexibility index (Phi) is 5.50. The van der Waals surface area contributed by atoms with Crippen molar-refractivity contribution >= 4 is 27.5 Å². The maximum atomic E-state index is 12.3. The van der Waals surface area contributed by atoms with Crippen molar-refractivity contribution in [1.29, 1.82) is 0 Å². The molecular formula is C19H18BrN3O2. The van der Waals surface area contributed by atoms with E-state index in [1.165, 1.54) is 5.56 Å². The van der Waals surface area contributed by atoms with Gasteiger partial charge in [-0.15, -0.1) is 0 Å². The minimum absolute atomic E-state index is 0.156. The van der Waals surface area contributed by atoms with Crippen molar-refractivity contribution in [1.82, 2.24) is 9.78 Å². The molecule has 1 aromatic heterocycles. The lowest BCUT2D eigenvalue weighted by Crippen LogP contribution is -2.11. The van der Waals surface area contributed by atoms with E-state index in [0.717, 1.165) is 16.6 Å². The minimum Gasteiger partial charge on any atom is -0.471 e. The molecule has 25 heavy (non-hydrogen) atoms. The monoisotopic (exact) mass is 399 g/mol. The summed E-state index contributed by atoms with van der Waals surface area (Å²) in [7, 11) is 0. The van der Waals surface area contributed by atoms with E-state index in [2.05, 4.69) is 33.3 Å². The van der Waals surface area contributed by atoms with Crippen LogP contribution in [0.3, 0.4) is 0 Å². The van der Waals surface area contributed by atoms with Gasteiger partial charge >= 0.3 is 0 Å². The Balaban J connectivity index is 1.57. The van der Waals surface area contributed by atoms with Gasteiger partial charge in [-0.05, 0) is 48.4 Å². The van der Waals surface area contributed by atoms with Crippen molar-refractivity contribution in [2.45, 2.75) is 20.1 Å². The number of hydrogen-bond acceptors (Lipinski definition) is 3. The highest BCUT2D eigenvalue weighted by molar-refractivity contribution is 9.10. The molecular weight excluding hydrogens is 382 g/mol. The molecule has 0 aliphatic carbocycles. The number of amides is 1. The van der Waals surface area contributed by atoms with Gasteiger partial charge in [-0.25, -0.2) is 4.68 Å². The van der Waals surface area contributed by atoms with E-state index in [0.29, 0.717) is 11.3 Å². The van der Waals surface area contributed by atoms with Crippen LogP contribution in [-0.2, 0) is 13.2 Å². The summed E-state index contributed by atoms with van der Waals surface area (Å²) < 4.78 is 8.26. The van der Waals surface area contributed by atoms with Gasteiger partial charge in [-0.2, -0.15) is 5.10 Å². The van der Waals surface area contributed by atoms with Crippen molar-refractivity contribution in [3.8, 4) is 5.75 Å². The Bertz CT molecular complexity index is 842. The molecule has 0 atom stereocenters. The summed E-state index contributed by atoms with van der Waals surface area (Å²) in [5.74, 6) is 0.594. The average Bonchev–Trinajstić information content (AvgIpc) is 3.08. The standard InChI is InChI=1S/C19H18BrN3O2/c1-2-14-3-5-15(6-4-14)19(24)22-17-11-21-23(12-17)13-25-18-9-7-16(20)8-10-18/h3-12H,2,13H2,1H3,(H,22,24). The highest BCUT2D eigenvalue weighted by Gasteiger charge is 2.07.